The summed E-state index contributed by atoms with van der Waals surface area (Å²) in [4.78, 5) is 11.7. The molecule has 2 N–H and O–H groups in total. The van der Waals surface area contributed by atoms with E-state index in [1.165, 1.54) is 0 Å². The van der Waals surface area contributed by atoms with Crippen molar-refractivity contribution in [3.8, 4) is 5.75 Å². The standard InChI is InChI=1S/C16H16IN3O2/c1-22-15-8-2-12(3-9-15)10-19-20-16(21)11-18-14-6-4-13(17)5-7-14/h2-10,18H,11H2,1H3,(H,20,21). The largest absolute Gasteiger partial charge is 0.497 e. The van der Waals surface area contributed by atoms with Gasteiger partial charge in [0, 0.05) is 9.26 Å². The molecule has 1 amide bonds. The molecule has 0 saturated heterocycles. The molecule has 0 unspecified atom stereocenters. The highest BCUT2D eigenvalue weighted by atomic mass is 127. The summed E-state index contributed by atoms with van der Waals surface area (Å²) < 4.78 is 6.22. The smallest absolute Gasteiger partial charge is 0.259 e. The van der Waals surface area contributed by atoms with E-state index < -0.39 is 0 Å². The number of hydrogen-bond acceptors (Lipinski definition) is 4. The van der Waals surface area contributed by atoms with Gasteiger partial charge in [-0.3, -0.25) is 4.79 Å². The number of ether oxygens (including phenoxy) is 1. The minimum atomic E-state index is -0.205. The Bertz CT molecular complexity index is 639. The molecular formula is C16H16IN3O2. The summed E-state index contributed by atoms with van der Waals surface area (Å²) in [6, 6.07) is 15.2. The summed E-state index contributed by atoms with van der Waals surface area (Å²) in [6.45, 7) is 0.167. The molecule has 6 heteroatoms. The van der Waals surface area contributed by atoms with Crippen molar-refractivity contribution in [1.29, 1.82) is 0 Å². The van der Waals surface area contributed by atoms with Crippen molar-refractivity contribution in [2.45, 2.75) is 0 Å². The van der Waals surface area contributed by atoms with Crippen LogP contribution in [0.15, 0.2) is 53.6 Å². The van der Waals surface area contributed by atoms with Crippen molar-refractivity contribution >= 4 is 40.4 Å². The summed E-state index contributed by atoms with van der Waals surface area (Å²) in [5.41, 5.74) is 4.26. The lowest BCUT2D eigenvalue weighted by Crippen LogP contribution is -2.25. The minimum Gasteiger partial charge on any atom is -0.497 e. The molecule has 0 saturated carbocycles. The number of methoxy groups -OCH3 is 1. The minimum absolute atomic E-state index is 0.167. The third-order valence-electron chi connectivity index (χ3n) is 2.82. The lowest BCUT2D eigenvalue weighted by Gasteiger charge is -2.05. The normalized spacial score (nSPS) is 10.5. The fourth-order valence-corrected chi connectivity index (χ4v) is 2.02. The second-order valence-electron chi connectivity index (χ2n) is 4.43. The third-order valence-corrected chi connectivity index (χ3v) is 3.54. The molecule has 0 bridgehead atoms. The van der Waals surface area contributed by atoms with Crippen molar-refractivity contribution in [2.24, 2.45) is 5.10 Å². The molecule has 22 heavy (non-hydrogen) atoms. The summed E-state index contributed by atoms with van der Waals surface area (Å²) in [5.74, 6) is 0.575. The monoisotopic (exact) mass is 409 g/mol. The van der Waals surface area contributed by atoms with E-state index >= 15 is 0 Å². The number of amides is 1. The molecule has 0 aliphatic rings. The molecule has 0 aromatic heterocycles. The van der Waals surface area contributed by atoms with Crippen LogP contribution in [0.3, 0.4) is 0 Å². The van der Waals surface area contributed by atoms with Gasteiger partial charge in [-0.2, -0.15) is 5.10 Å². The van der Waals surface area contributed by atoms with E-state index in [0.29, 0.717) is 0 Å². The van der Waals surface area contributed by atoms with Gasteiger partial charge in [-0.15, -0.1) is 0 Å². The maximum atomic E-state index is 11.7. The Hall–Kier alpha value is -2.09. The topological polar surface area (TPSA) is 62.7 Å². The van der Waals surface area contributed by atoms with Crippen molar-refractivity contribution in [3.05, 3.63) is 57.7 Å². The molecule has 0 heterocycles. The Kier molecular flexibility index (Phi) is 6.20. The van der Waals surface area contributed by atoms with Gasteiger partial charge in [-0.1, -0.05) is 0 Å². The molecular weight excluding hydrogens is 393 g/mol. The molecule has 0 spiro atoms. The number of benzene rings is 2. The SMILES string of the molecule is COc1ccc(C=NNC(=O)CNc2ccc(I)cc2)cc1. The van der Waals surface area contributed by atoms with E-state index in [9.17, 15) is 4.79 Å². The molecule has 0 fully saturated rings. The van der Waals surface area contributed by atoms with E-state index in [4.69, 9.17) is 4.74 Å². The Balaban J connectivity index is 1.76. The van der Waals surface area contributed by atoms with Crippen molar-refractivity contribution < 1.29 is 9.53 Å². The van der Waals surface area contributed by atoms with Crippen LogP contribution in [0.2, 0.25) is 0 Å². The van der Waals surface area contributed by atoms with E-state index in [2.05, 4.69) is 38.4 Å². The fourth-order valence-electron chi connectivity index (χ4n) is 1.66. The summed E-state index contributed by atoms with van der Waals surface area (Å²) in [7, 11) is 1.62. The maximum Gasteiger partial charge on any atom is 0.259 e. The first-order chi connectivity index (χ1) is 10.7. The van der Waals surface area contributed by atoms with Gasteiger partial charge in [0.05, 0.1) is 19.9 Å². The number of hydrazone groups is 1. The van der Waals surface area contributed by atoms with E-state index in [1.54, 1.807) is 13.3 Å². The number of rotatable bonds is 6. The highest BCUT2D eigenvalue weighted by Gasteiger charge is 1.99. The van der Waals surface area contributed by atoms with Crippen LogP contribution < -0.4 is 15.5 Å². The quantitative estimate of drug-likeness (QED) is 0.438. The Morgan fingerprint density at radius 2 is 1.86 bits per heavy atom. The van der Waals surface area contributed by atoms with Gasteiger partial charge >= 0.3 is 0 Å². The maximum absolute atomic E-state index is 11.7. The zero-order chi connectivity index (χ0) is 15.8. The molecule has 0 radical (unpaired) electrons. The second kappa shape index (κ2) is 8.38. The Morgan fingerprint density at radius 3 is 2.50 bits per heavy atom. The number of carbonyl (C=O) groups is 1. The highest BCUT2D eigenvalue weighted by molar-refractivity contribution is 14.1. The van der Waals surface area contributed by atoms with Gasteiger partial charge in [-0.05, 0) is 76.7 Å². The Morgan fingerprint density at radius 1 is 1.18 bits per heavy atom. The van der Waals surface area contributed by atoms with Gasteiger partial charge in [0.1, 0.15) is 5.75 Å². The predicted octanol–water partition coefficient (Wildman–Crippen LogP) is 2.86. The summed E-state index contributed by atoms with van der Waals surface area (Å²) in [5, 5.41) is 6.95. The van der Waals surface area contributed by atoms with Crippen LogP contribution in [-0.2, 0) is 4.79 Å². The van der Waals surface area contributed by atoms with E-state index in [0.717, 1.165) is 20.6 Å². The van der Waals surface area contributed by atoms with E-state index in [-0.39, 0.29) is 12.5 Å². The predicted molar refractivity (Wildman–Crippen MR) is 96.4 cm³/mol. The van der Waals surface area contributed by atoms with Gasteiger partial charge in [-0.25, -0.2) is 5.43 Å². The number of halogens is 1. The first-order valence-electron chi connectivity index (χ1n) is 6.63. The molecule has 0 aliphatic heterocycles. The Labute approximate surface area is 142 Å². The van der Waals surface area contributed by atoms with Crippen molar-refractivity contribution in [3.63, 3.8) is 0 Å². The zero-order valence-electron chi connectivity index (χ0n) is 12.0. The molecule has 2 aromatic rings. The second-order valence-corrected chi connectivity index (χ2v) is 5.67. The fraction of sp³-hybridized carbons (Fsp3) is 0.125. The molecule has 2 rings (SSSR count). The lowest BCUT2D eigenvalue weighted by molar-refractivity contribution is -0.119. The van der Waals surface area contributed by atoms with Crippen LogP contribution in [0.25, 0.3) is 0 Å². The van der Waals surface area contributed by atoms with Crippen LogP contribution >= 0.6 is 22.6 Å². The first-order valence-corrected chi connectivity index (χ1v) is 7.70. The first kappa shape index (κ1) is 16.3. The van der Waals surface area contributed by atoms with Crippen LogP contribution in [0.1, 0.15) is 5.56 Å². The average molecular weight is 409 g/mol. The molecule has 2 aromatic carbocycles. The number of carbonyl (C=O) groups excluding carboxylic acids is 1. The number of nitrogens with one attached hydrogen (secondary N) is 2. The van der Waals surface area contributed by atoms with Crippen LogP contribution in [0.5, 0.6) is 5.75 Å². The number of anilines is 1. The lowest BCUT2D eigenvalue weighted by atomic mass is 10.2. The van der Waals surface area contributed by atoms with Crippen LogP contribution in [-0.4, -0.2) is 25.8 Å². The summed E-state index contributed by atoms with van der Waals surface area (Å²) in [6.07, 6.45) is 1.59. The number of hydrogen-bond donors (Lipinski definition) is 2. The zero-order valence-corrected chi connectivity index (χ0v) is 14.2. The van der Waals surface area contributed by atoms with Crippen molar-refractivity contribution in [1.82, 2.24) is 5.43 Å². The molecule has 0 atom stereocenters. The van der Waals surface area contributed by atoms with E-state index in [1.807, 2.05) is 48.5 Å². The van der Waals surface area contributed by atoms with Crippen LogP contribution in [0.4, 0.5) is 5.69 Å². The number of nitrogens with zero attached hydrogens (tertiary/aromatic N) is 1. The van der Waals surface area contributed by atoms with Crippen molar-refractivity contribution in [2.75, 3.05) is 19.0 Å². The summed E-state index contributed by atoms with van der Waals surface area (Å²) >= 11 is 2.23. The van der Waals surface area contributed by atoms with Crippen LogP contribution in [0, 0.1) is 3.57 Å². The van der Waals surface area contributed by atoms with Gasteiger partial charge in [0.2, 0.25) is 0 Å². The molecule has 5 nitrogen and oxygen atoms in total. The van der Waals surface area contributed by atoms with Gasteiger partial charge in [0.15, 0.2) is 0 Å². The highest BCUT2D eigenvalue weighted by Crippen LogP contribution is 2.11. The van der Waals surface area contributed by atoms with Gasteiger partial charge < -0.3 is 10.1 Å². The molecule has 0 aliphatic carbocycles. The van der Waals surface area contributed by atoms with Gasteiger partial charge in [0.25, 0.3) is 5.91 Å². The molecule has 114 valence electrons. The average Bonchev–Trinajstić information content (AvgIpc) is 2.55. The third kappa shape index (κ3) is 5.36.